The lowest BCUT2D eigenvalue weighted by atomic mass is 10.1. The number of H-pyrrole nitrogens is 2. The number of hydrogen-bond acceptors (Lipinski definition) is 4. The van der Waals surface area contributed by atoms with Crippen molar-refractivity contribution in [2.24, 2.45) is 0 Å². The van der Waals surface area contributed by atoms with E-state index in [4.69, 9.17) is 0 Å². The number of aromatic amines is 2. The first kappa shape index (κ1) is 18.7. The number of nitrogens with one attached hydrogen (secondary N) is 4. The molecule has 0 radical (unpaired) electrons. The van der Waals surface area contributed by atoms with Crippen molar-refractivity contribution in [3.63, 3.8) is 0 Å². The minimum absolute atomic E-state index is 0.0174. The van der Waals surface area contributed by atoms with Gasteiger partial charge in [-0.1, -0.05) is 6.92 Å². The molecule has 1 atom stereocenters. The first-order valence-electron chi connectivity index (χ1n) is 8.44. The minimum atomic E-state index is -3.84. The van der Waals surface area contributed by atoms with Gasteiger partial charge in [-0.05, 0) is 55.8 Å². The van der Waals surface area contributed by atoms with E-state index in [2.05, 4.69) is 20.0 Å². The second-order valence-corrected chi connectivity index (χ2v) is 7.93. The SMILES string of the molecule is CC[C@H](C)NC(=O)c1ccc(NS(=O)(=O)c2ccc3[nH]c(=O)[nH]c3c2)cc1. The molecule has 0 saturated heterocycles. The Morgan fingerprint density at radius 3 is 2.41 bits per heavy atom. The van der Waals surface area contributed by atoms with Crippen LogP contribution in [0.1, 0.15) is 30.6 Å². The maximum atomic E-state index is 12.6. The zero-order valence-electron chi connectivity index (χ0n) is 14.9. The van der Waals surface area contributed by atoms with Crippen molar-refractivity contribution in [2.75, 3.05) is 4.72 Å². The molecule has 0 bridgehead atoms. The molecule has 9 heteroatoms. The topological polar surface area (TPSA) is 124 Å². The highest BCUT2D eigenvalue weighted by Gasteiger charge is 2.16. The number of benzene rings is 2. The van der Waals surface area contributed by atoms with Gasteiger partial charge in [-0.25, -0.2) is 13.2 Å². The van der Waals surface area contributed by atoms with Gasteiger partial charge in [0, 0.05) is 17.3 Å². The first-order valence-corrected chi connectivity index (χ1v) is 9.92. The molecule has 8 nitrogen and oxygen atoms in total. The van der Waals surface area contributed by atoms with Crippen LogP contribution in [0.3, 0.4) is 0 Å². The number of sulfonamides is 1. The fourth-order valence-electron chi connectivity index (χ4n) is 2.49. The van der Waals surface area contributed by atoms with Crippen molar-refractivity contribution in [1.82, 2.24) is 15.3 Å². The molecule has 0 aliphatic carbocycles. The van der Waals surface area contributed by atoms with Crippen molar-refractivity contribution in [3.05, 3.63) is 58.5 Å². The quantitative estimate of drug-likeness (QED) is 0.517. The van der Waals surface area contributed by atoms with Gasteiger partial charge in [0.15, 0.2) is 0 Å². The monoisotopic (exact) mass is 388 g/mol. The average molecular weight is 388 g/mol. The zero-order valence-corrected chi connectivity index (χ0v) is 15.7. The van der Waals surface area contributed by atoms with Crippen molar-refractivity contribution >= 4 is 32.7 Å². The Morgan fingerprint density at radius 2 is 1.74 bits per heavy atom. The summed E-state index contributed by atoms with van der Waals surface area (Å²) in [5, 5.41) is 2.85. The number of anilines is 1. The number of carbonyl (C=O) groups is 1. The molecule has 0 spiro atoms. The molecule has 3 rings (SSSR count). The van der Waals surface area contributed by atoms with Crippen LogP contribution in [0.2, 0.25) is 0 Å². The van der Waals surface area contributed by atoms with E-state index in [9.17, 15) is 18.0 Å². The summed E-state index contributed by atoms with van der Waals surface area (Å²) in [5.41, 5.74) is 1.30. The number of hydrogen-bond donors (Lipinski definition) is 4. The second-order valence-electron chi connectivity index (χ2n) is 6.25. The van der Waals surface area contributed by atoms with E-state index in [0.717, 1.165) is 6.42 Å². The fraction of sp³-hybridized carbons (Fsp3) is 0.222. The van der Waals surface area contributed by atoms with Gasteiger partial charge >= 0.3 is 5.69 Å². The second kappa shape index (κ2) is 7.28. The highest BCUT2D eigenvalue weighted by molar-refractivity contribution is 7.92. The summed E-state index contributed by atoms with van der Waals surface area (Å²) in [6.07, 6.45) is 0.820. The Morgan fingerprint density at radius 1 is 1.07 bits per heavy atom. The number of carbonyl (C=O) groups excluding carboxylic acids is 1. The summed E-state index contributed by atoms with van der Waals surface area (Å²) in [6, 6.07) is 10.5. The number of fused-ring (bicyclic) bond motifs is 1. The van der Waals surface area contributed by atoms with E-state index >= 15 is 0 Å². The van der Waals surface area contributed by atoms with Gasteiger partial charge in [0.25, 0.3) is 15.9 Å². The lowest BCUT2D eigenvalue weighted by molar-refractivity contribution is 0.0939. The van der Waals surface area contributed by atoms with Crippen LogP contribution in [0.15, 0.2) is 52.2 Å². The smallest absolute Gasteiger partial charge is 0.323 e. The Bertz CT molecular complexity index is 1130. The maximum absolute atomic E-state index is 12.6. The minimum Gasteiger partial charge on any atom is -0.350 e. The van der Waals surface area contributed by atoms with Crippen LogP contribution < -0.4 is 15.7 Å². The van der Waals surface area contributed by atoms with Crippen molar-refractivity contribution in [1.29, 1.82) is 0 Å². The molecule has 0 aliphatic rings. The molecule has 1 heterocycles. The lowest BCUT2D eigenvalue weighted by Gasteiger charge is -2.12. The van der Waals surface area contributed by atoms with Gasteiger partial charge in [-0.15, -0.1) is 0 Å². The number of rotatable bonds is 6. The van der Waals surface area contributed by atoms with Crippen LogP contribution in [0.5, 0.6) is 0 Å². The van der Waals surface area contributed by atoms with Gasteiger partial charge in [-0.3, -0.25) is 9.52 Å². The third-order valence-corrected chi connectivity index (χ3v) is 5.57. The Labute approximate surface area is 156 Å². The standard InChI is InChI=1S/C18H20N4O4S/c1-3-11(2)19-17(23)12-4-6-13(7-5-12)22-27(25,26)14-8-9-15-16(10-14)21-18(24)20-15/h4-11,22H,3H2,1-2H3,(H,19,23)(H2,20,21,24)/t11-/m0/s1. The van der Waals surface area contributed by atoms with Crippen molar-refractivity contribution in [3.8, 4) is 0 Å². The van der Waals surface area contributed by atoms with Gasteiger partial charge in [0.2, 0.25) is 0 Å². The summed E-state index contributed by atoms with van der Waals surface area (Å²) < 4.78 is 27.6. The molecule has 1 aromatic heterocycles. The van der Waals surface area contributed by atoms with E-state index in [1.807, 2.05) is 13.8 Å². The number of imidazole rings is 1. The number of aromatic nitrogens is 2. The lowest BCUT2D eigenvalue weighted by Crippen LogP contribution is -2.31. The van der Waals surface area contributed by atoms with Crippen LogP contribution in [0, 0.1) is 0 Å². The van der Waals surface area contributed by atoms with Crippen LogP contribution >= 0.6 is 0 Å². The molecule has 27 heavy (non-hydrogen) atoms. The molecular formula is C18H20N4O4S. The van der Waals surface area contributed by atoms with E-state index in [1.165, 1.54) is 30.3 Å². The van der Waals surface area contributed by atoms with Gasteiger partial charge in [0.05, 0.1) is 15.9 Å². The summed E-state index contributed by atoms with van der Waals surface area (Å²) in [4.78, 5) is 28.5. The third-order valence-electron chi connectivity index (χ3n) is 4.19. The summed E-state index contributed by atoms with van der Waals surface area (Å²) in [5.74, 6) is -0.208. The fourth-order valence-corrected chi connectivity index (χ4v) is 3.58. The Balaban J connectivity index is 1.78. The molecule has 0 unspecified atom stereocenters. The molecular weight excluding hydrogens is 368 g/mol. The van der Waals surface area contributed by atoms with E-state index in [1.54, 1.807) is 12.1 Å². The highest BCUT2D eigenvalue weighted by atomic mass is 32.2. The summed E-state index contributed by atoms with van der Waals surface area (Å²) in [7, 11) is -3.84. The van der Waals surface area contributed by atoms with Gasteiger partial charge in [0.1, 0.15) is 0 Å². The van der Waals surface area contributed by atoms with Crippen LogP contribution in [-0.2, 0) is 10.0 Å². The van der Waals surface area contributed by atoms with Gasteiger partial charge < -0.3 is 15.3 Å². The van der Waals surface area contributed by atoms with E-state index < -0.39 is 15.7 Å². The van der Waals surface area contributed by atoms with Crippen LogP contribution in [-0.4, -0.2) is 30.3 Å². The summed E-state index contributed by atoms with van der Waals surface area (Å²) >= 11 is 0. The van der Waals surface area contributed by atoms with Crippen LogP contribution in [0.25, 0.3) is 11.0 Å². The van der Waals surface area contributed by atoms with Gasteiger partial charge in [-0.2, -0.15) is 0 Å². The molecule has 0 saturated carbocycles. The molecule has 3 aromatic rings. The predicted octanol–water partition coefficient (Wildman–Crippen LogP) is 2.19. The molecule has 4 N–H and O–H groups in total. The Kier molecular flexibility index (Phi) is 5.04. The third kappa shape index (κ3) is 4.20. The Hall–Kier alpha value is -3.07. The summed E-state index contributed by atoms with van der Waals surface area (Å²) in [6.45, 7) is 3.89. The van der Waals surface area contributed by atoms with Crippen molar-refractivity contribution in [2.45, 2.75) is 31.2 Å². The zero-order chi connectivity index (χ0) is 19.6. The molecule has 1 amide bonds. The van der Waals surface area contributed by atoms with E-state index in [-0.39, 0.29) is 16.8 Å². The predicted molar refractivity (Wildman–Crippen MR) is 103 cm³/mol. The van der Waals surface area contributed by atoms with Crippen molar-refractivity contribution < 1.29 is 13.2 Å². The molecule has 0 aliphatic heterocycles. The normalized spacial score (nSPS) is 12.7. The average Bonchev–Trinajstić information content (AvgIpc) is 3.01. The maximum Gasteiger partial charge on any atom is 0.323 e. The molecule has 0 fully saturated rings. The largest absolute Gasteiger partial charge is 0.350 e. The molecule has 142 valence electrons. The van der Waals surface area contributed by atoms with E-state index in [0.29, 0.717) is 22.3 Å². The van der Waals surface area contributed by atoms with Crippen LogP contribution in [0.4, 0.5) is 5.69 Å². The first-order chi connectivity index (χ1) is 12.8. The highest BCUT2D eigenvalue weighted by Crippen LogP contribution is 2.19. The molecule has 2 aromatic carbocycles. The number of amides is 1.